The van der Waals surface area contributed by atoms with Gasteiger partial charge in [-0.2, -0.15) is 0 Å². The Labute approximate surface area is 69.6 Å². The predicted octanol–water partition coefficient (Wildman–Crippen LogP) is 1.55. The van der Waals surface area contributed by atoms with Gasteiger partial charge in [0, 0.05) is 12.0 Å². The van der Waals surface area contributed by atoms with E-state index in [2.05, 4.69) is 18.7 Å². The summed E-state index contributed by atoms with van der Waals surface area (Å²) in [5.74, 6) is 0. The van der Waals surface area contributed by atoms with Crippen LogP contribution in [0.2, 0.25) is 0 Å². The van der Waals surface area contributed by atoms with Crippen LogP contribution in [0.15, 0.2) is 0 Å². The fourth-order valence-electron chi connectivity index (χ4n) is 0.961. The molecule has 1 atom stereocenters. The van der Waals surface area contributed by atoms with Gasteiger partial charge in [-0.1, -0.05) is 20.8 Å². The summed E-state index contributed by atoms with van der Waals surface area (Å²) >= 11 is 0. The normalized spacial score (nSPS) is 16.5. The van der Waals surface area contributed by atoms with E-state index in [4.69, 9.17) is 0 Å². The van der Waals surface area contributed by atoms with Crippen LogP contribution in [0.25, 0.3) is 0 Å². The molecule has 0 aromatic carbocycles. The highest BCUT2D eigenvalue weighted by atomic mass is 16.1. The molecule has 0 radical (unpaired) electrons. The van der Waals surface area contributed by atoms with Crippen LogP contribution in [0.3, 0.4) is 0 Å². The molecule has 0 fully saturated rings. The molecule has 0 aliphatic heterocycles. The Balaban J connectivity index is 3.96. The largest absolute Gasteiger partial charge is 0.306 e. The number of carbonyl (C=O) groups excluding carboxylic acids is 1. The number of nitrogens with zero attached hydrogens (tertiary/aromatic N) is 1. The molecule has 0 aromatic rings. The smallest absolute Gasteiger partial charge is 0.127 e. The lowest BCUT2D eigenvalue weighted by atomic mass is 9.89. The van der Waals surface area contributed by atoms with Gasteiger partial charge in [-0.3, -0.25) is 0 Å². The van der Waals surface area contributed by atoms with Crippen molar-refractivity contribution >= 4 is 6.29 Å². The molecule has 2 heteroatoms. The average molecular weight is 157 g/mol. The zero-order chi connectivity index (χ0) is 8.91. The molecule has 1 unspecified atom stereocenters. The molecular formula is C9H19NO. The van der Waals surface area contributed by atoms with Crippen molar-refractivity contribution in [3.05, 3.63) is 0 Å². The van der Waals surface area contributed by atoms with Gasteiger partial charge in [0.15, 0.2) is 0 Å². The van der Waals surface area contributed by atoms with Gasteiger partial charge in [0.05, 0.1) is 0 Å². The van der Waals surface area contributed by atoms with Crippen molar-refractivity contribution in [3.63, 3.8) is 0 Å². The van der Waals surface area contributed by atoms with E-state index in [0.29, 0.717) is 0 Å². The second-order valence-electron chi connectivity index (χ2n) is 3.46. The number of hydrogen-bond acceptors (Lipinski definition) is 2. The van der Waals surface area contributed by atoms with E-state index < -0.39 is 0 Å². The van der Waals surface area contributed by atoms with Gasteiger partial charge in [0.25, 0.3) is 0 Å². The van der Waals surface area contributed by atoms with Crippen molar-refractivity contribution < 1.29 is 4.79 Å². The number of carbonyl (C=O) groups is 1. The minimum Gasteiger partial charge on any atom is -0.306 e. The first-order chi connectivity index (χ1) is 5.08. The van der Waals surface area contributed by atoms with Crippen molar-refractivity contribution in [2.75, 3.05) is 20.1 Å². The van der Waals surface area contributed by atoms with Gasteiger partial charge in [0.2, 0.25) is 0 Å². The van der Waals surface area contributed by atoms with Crippen LogP contribution in [0.1, 0.15) is 27.2 Å². The molecule has 0 amide bonds. The van der Waals surface area contributed by atoms with Crippen LogP contribution in [-0.2, 0) is 4.79 Å². The Bertz CT molecular complexity index is 125. The van der Waals surface area contributed by atoms with E-state index in [0.717, 1.165) is 25.8 Å². The summed E-state index contributed by atoms with van der Waals surface area (Å²) < 4.78 is 0. The van der Waals surface area contributed by atoms with Crippen molar-refractivity contribution in [1.82, 2.24) is 4.90 Å². The quantitative estimate of drug-likeness (QED) is 0.564. The Morgan fingerprint density at radius 3 is 2.27 bits per heavy atom. The standard InChI is InChI=1S/C9H19NO/c1-5-9(3,8-11)7-10(4)6-2/h8H,5-7H2,1-4H3. The zero-order valence-electron chi connectivity index (χ0n) is 8.05. The van der Waals surface area contributed by atoms with Gasteiger partial charge >= 0.3 is 0 Å². The van der Waals surface area contributed by atoms with Crippen molar-refractivity contribution in [2.45, 2.75) is 27.2 Å². The minimum absolute atomic E-state index is 0.148. The van der Waals surface area contributed by atoms with Crippen LogP contribution in [0, 0.1) is 5.41 Å². The molecule has 0 aliphatic carbocycles. The first-order valence-electron chi connectivity index (χ1n) is 4.23. The molecule has 0 saturated carbocycles. The van der Waals surface area contributed by atoms with Crippen LogP contribution < -0.4 is 0 Å². The van der Waals surface area contributed by atoms with Crippen LogP contribution in [0.5, 0.6) is 0 Å². The second-order valence-corrected chi connectivity index (χ2v) is 3.46. The molecule has 0 heterocycles. The molecule has 2 nitrogen and oxygen atoms in total. The molecule has 0 spiro atoms. The second kappa shape index (κ2) is 4.50. The van der Waals surface area contributed by atoms with Crippen LogP contribution in [-0.4, -0.2) is 31.3 Å². The van der Waals surface area contributed by atoms with E-state index in [9.17, 15) is 4.79 Å². The molecule has 0 N–H and O–H groups in total. The Morgan fingerprint density at radius 1 is 1.45 bits per heavy atom. The third kappa shape index (κ3) is 3.51. The van der Waals surface area contributed by atoms with E-state index in [1.807, 2.05) is 14.0 Å². The van der Waals surface area contributed by atoms with E-state index in [1.165, 1.54) is 0 Å². The molecule has 0 rings (SSSR count). The summed E-state index contributed by atoms with van der Waals surface area (Å²) in [6.07, 6.45) is 1.99. The number of hydrogen-bond donors (Lipinski definition) is 0. The van der Waals surface area contributed by atoms with Gasteiger partial charge < -0.3 is 9.69 Å². The minimum atomic E-state index is -0.148. The average Bonchev–Trinajstić information content (AvgIpc) is 2.04. The number of aldehydes is 1. The third-order valence-electron chi connectivity index (χ3n) is 2.26. The summed E-state index contributed by atoms with van der Waals surface area (Å²) in [6, 6.07) is 0. The summed E-state index contributed by atoms with van der Waals surface area (Å²) in [5, 5.41) is 0. The molecule has 66 valence electrons. The topological polar surface area (TPSA) is 20.3 Å². The van der Waals surface area contributed by atoms with Crippen molar-refractivity contribution in [1.29, 1.82) is 0 Å². The molecule has 0 aliphatic rings. The zero-order valence-corrected chi connectivity index (χ0v) is 8.05. The molecular weight excluding hydrogens is 138 g/mol. The van der Waals surface area contributed by atoms with E-state index in [-0.39, 0.29) is 5.41 Å². The third-order valence-corrected chi connectivity index (χ3v) is 2.26. The van der Waals surface area contributed by atoms with Crippen molar-refractivity contribution in [2.24, 2.45) is 5.41 Å². The van der Waals surface area contributed by atoms with Gasteiger partial charge in [0.1, 0.15) is 6.29 Å². The lowest BCUT2D eigenvalue weighted by Crippen LogP contribution is -2.34. The Morgan fingerprint density at radius 2 is 2.00 bits per heavy atom. The fraction of sp³-hybridized carbons (Fsp3) is 0.889. The molecule has 0 saturated heterocycles. The van der Waals surface area contributed by atoms with Gasteiger partial charge in [-0.25, -0.2) is 0 Å². The van der Waals surface area contributed by atoms with E-state index >= 15 is 0 Å². The summed E-state index contributed by atoms with van der Waals surface area (Å²) in [4.78, 5) is 12.8. The maximum absolute atomic E-state index is 10.7. The monoisotopic (exact) mass is 157 g/mol. The highest BCUT2D eigenvalue weighted by molar-refractivity contribution is 5.58. The lowest BCUT2D eigenvalue weighted by molar-refractivity contribution is -0.116. The maximum atomic E-state index is 10.7. The Kier molecular flexibility index (Phi) is 4.34. The first-order valence-corrected chi connectivity index (χ1v) is 4.23. The number of rotatable bonds is 5. The fourth-order valence-corrected chi connectivity index (χ4v) is 0.961. The highest BCUT2D eigenvalue weighted by Crippen LogP contribution is 2.18. The summed E-state index contributed by atoms with van der Waals surface area (Å²) in [5.41, 5.74) is -0.148. The molecule has 0 bridgehead atoms. The van der Waals surface area contributed by atoms with Crippen LogP contribution >= 0.6 is 0 Å². The Hall–Kier alpha value is -0.370. The molecule has 11 heavy (non-hydrogen) atoms. The summed E-state index contributed by atoms with van der Waals surface area (Å²) in [6.45, 7) is 8.03. The lowest BCUT2D eigenvalue weighted by Gasteiger charge is -2.26. The predicted molar refractivity (Wildman–Crippen MR) is 47.6 cm³/mol. The van der Waals surface area contributed by atoms with Crippen molar-refractivity contribution in [3.8, 4) is 0 Å². The highest BCUT2D eigenvalue weighted by Gasteiger charge is 2.22. The van der Waals surface area contributed by atoms with Gasteiger partial charge in [-0.15, -0.1) is 0 Å². The maximum Gasteiger partial charge on any atom is 0.127 e. The first kappa shape index (κ1) is 10.6. The molecule has 0 aromatic heterocycles. The van der Waals surface area contributed by atoms with Gasteiger partial charge in [-0.05, 0) is 20.0 Å². The van der Waals surface area contributed by atoms with Crippen LogP contribution in [0.4, 0.5) is 0 Å². The van der Waals surface area contributed by atoms with E-state index in [1.54, 1.807) is 0 Å². The summed E-state index contributed by atoms with van der Waals surface area (Å²) in [7, 11) is 2.04. The SMILES string of the molecule is CCN(C)CC(C)(C=O)CC.